The van der Waals surface area contributed by atoms with Gasteiger partial charge in [-0.25, -0.2) is 4.39 Å². The highest BCUT2D eigenvalue weighted by Crippen LogP contribution is 2.40. The summed E-state index contributed by atoms with van der Waals surface area (Å²) < 4.78 is 17.4. The summed E-state index contributed by atoms with van der Waals surface area (Å²) >= 11 is 9.50. The molecule has 1 aliphatic rings. The minimum absolute atomic E-state index is 0.168. The second-order valence-corrected chi connectivity index (χ2v) is 8.14. The van der Waals surface area contributed by atoms with E-state index in [9.17, 15) is 4.39 Å². The fourth-order valence-electron chi connectivity index (χ4n) is 3.06. The zero-order valence-corrected chi connectivity index (χ0v) is 14.9. The summed E-state index contributed by atoms with van der Waals surface area (Å²) in [7, 11) is 0. The van der Waals surface area contributed by atoms with Gasteiger partial charge < -0.3 is 9.55 Å². The minimum Gasteiger partial charge on any atom is -0.331 e. The van der Waals surface area contributed by atoms with Gasteiger partial charge >= 0.3 is 0 Å². The maximum absolute atomic E-state index is 13.9. The van der Waals surface area contributed by atoms with E-state index in [1.165, 1.54) is 12.8 Å². The quantitative estimate of drug-likeness (QED) is 0.536. The van der Waals surface area contributed by atoms with Crippen LogP contribution in [-0.4, -0.2) is 20.6 Å². The molecule has 1 saturated carbocycles. The maximum atomic E-state index is 13.9. The highest BCUT2D eigenvalue weighted by molar-refractivity contribution is 14.1. The topological polar surface area (TPSA) is 20.7 Å². The van der Waals surface area contributed by atoms with Crippen molar-refractivity contribution in [1.29, 1.82) is 0 Å². The summed E-state index contributed by atoms with van der Waals surface area (Å²) in [6.45, 7) is 2.19. The van der Waals surface area contributed by atoms with Crippen molar-refractivity contribution in [2.75, 3.05) is 5.75 Å². The Balaban J connectivity index is 2.13. The van der Waals surface area contributed by atoms with Crippen LogP contribution in [0.3, 0.4) is 0 Å². The molecule has 0 spiro atoms. The van der Waals surface area contributed by atoms with Crippen LogP contribution in [0.15, 0.2) is 12.1 Å². The molecule has 0 aliphatic heterocycles. The Morgan fingerprint density at radius 1 is 1.50 bits per heavy atom. The number of benzene rings is 1. The van der Waals surface area contributed by atoms with Crippen molar-refractivity contribution in [3.05, 3.63) is 26.3 Å². The van der Waals surface area contributed by atoms with Gasteiger partial charge in [-0.2, -0.15) is 11.8 Å². The van der Waals surface area contributed by atoms with Crippen LogP contribution in [0.2, 0.25) is 0 Å². The van der Waals surface area contributed by atoms with E-state index in [4.69, 9.17) is 12.2 Å². The van der Waals surface area contributed by atoms with Gasteiger partial charge in [0.05, 0.1) is 14.6 Å². The molecule has 2 nitrogen and oxygen atoms in total. The predicted octanol–water partition coefficient (Wildman–Crippen LogP) is 5.29. The van der Waals surface area contributed by atoms with Gasteiger partial charge in [-0.3, -0.25) is 0 Å². The molecule has 1 aromatic heterocycles. The first-order valence-electron chi connectivity index (χ1n) is 6.82. The Morgan fingerprint density at radius 3 is 3.05 bits per heavy atom. The third-order valence-electron chi connectivity index (χ3n) is 3.89. The molecule has 0 bridgehead atoms. The first-order valence-corrected chi connectivity index (χ1v) is 9.36. The van der Waals surface area contributed by atoms with E-state index in [0.29, 0.717) is 14.9 Å². The number of halogens is 2. The number of fused-ring (bicyclic) bond motifs is 1. The van der Waals surface area contributed by atoms with E-state index in [-0.39, 0.29) is 5.82 Å². The lowest BCUT2D eigenvalue weighted by atomic mass is 10.2. The Labute approximate surface area is 140 Å². The van der Waals surface area contributed by atoms with Crippen molar-refractivity contribution in [1.82, 2.24) is 9.55 Å². The normalized spacial score (nSPS) is 22.8. The molecule has 1 fully saturated rings. The Kier molecular flexibility index (Phi) is 4.42. The van der Waals surface area contributed by atoms with Crippen molar-refractivity contribution in [2.24, 2.45) is 0 Å². The van der Waals surface area contributed by atoms with Gasteiger partial charge in [0.15, 0.2) is 4.77 Å². The van der Waals surface area contributed by atoms with E-state index >= 15 is 0 Å². The lowest BCUT2D eigenvalue weighted by Gasteiger charge is -2.21. The summed E-state index contributed by atoms with van der Waals surface area (Å²) in [4.78, 5) is 3.23. The molecule has 0 amide bonds. The molecule has 1 heterocycles. The zero-order chi connectivity index (χ0) is 14.3. The Hall–Kier alpha value is -0.0800. The SMILES string of the molecule is CCSC1CCCC1n1c(=S)[nH]c2cc(I)c(F)cc21. The van der Waals surface area contributed by atoms with Crippen LogP contribution in [0.1, 0.15) is 32.2 Å². The smallest absolute Gasteiger partial charge is 0.178 e. The van der Waals surface area contributed by atoms with Crippen molar-refractivity contribution >= 4 is 57.6 Å². The van der Waals surface area contributed by atoms with E-state index in [0.717, 1.165) is 28.0 Å². The fourth-order valence-corrected chi connectivity index (χ4v) is 5.11. The number of thioether (sulfide) groups is 1. The molecule has 1 aliphatic carbocycles. The van der Waals surface area contributed by atoms with Crippen molar-refractivity contribution in [3.63, 3.8) is 0 Å². The number of nitrogens with one attached hydrogen (secondary N) is 1. The molecule has 2 aromatic rings. The molecule has 108 valence electrons. The Morgan fingerprint density at radius 2 is 2.30 bits per heavy atom. The average molecular weight is 422 g/mol. The second kappa shape index (κ2) is 5.96. The predicted molar refractivity (Wildman–Crippen MR) is 94.6 cm³/mol. The van der Waals surface area contributed by atoms with Crippen LogP contribution in [0, 0.1) is 14.2 Å². The van der Waals surface area contributed by atoms with E-state index in [1.807, 2.05) is 40.4 Å². The van der Waals surface area contributed by atoms with E-state index in [2.05, 4.69) is 16.5 Å². The molecule has 0 radical (unpaired) electrons. The molecule has 20 heavy (non-hydrogen) atoms. The van der Waals surface area contributed by atoms with Crippen molar-refractivity contribution in [3.8, 4) is 0 Å². The molecule has 0 saturated heterocycles. The highest BCUT2D eigenvalue weighted by Gasteiger charge is 2.30. The largest absolute Gasteiger partial charge is 0.331 e. The van der Waals surface area contributed by atoms with Crippen LogP contribution < -0.4 is 0 Å². The summed E-state index contributed by atoms with van der Waals surface area (Å²) in [6.07, 6.45) is 3.58. The summed E-state index contributed by atoms with van der Waals surface area (Å²) in [6, 6.07) is 3.85. The number of imidazole rings is 1. The highest BCUT2D eigenvalue weighted by atomic mass is 127. The molecule has 2 unspecified atom stereocenters. The minimum atomic E-state index is -0.168. The number of aromatic nitrogens is 2. The standard InChI is InChI=1S/C14H16FIN2S2/c1-2-20-13-5-3-4-11(13)18-12-6-8(15)9(16)7-10(12)17-14(18)19/h6-7,11,13H,2-5H2,1H3,(H,17,19). The third kappa shape index (κ3) is 2.54. The fraction of sp³-hybridized carbons (Fsp3) is 0.500. The average Bonchev–Trinajstić information content (AvgIpc) is 2.95. The third-order valence-corrected chi connectivity index (χ3v) is 6.33. The first-order chi connectivity index (χ1) is 9.61. The monoisotopic (exact) mass is 422 g/mol. The Bertz CT molecular complexity index is 694. The zero-order valence-electron chi connectivity index (χ0n) is 11.2. The van der Waals surface area contributed by atoms with Gasteiger partial charge in [0.25, 0.3) is 0 Å². The second-order valence-electron chi connectivity index (χ2n) is 5.08. The van der Waals surface area contributed by atoms with Crippen LogP contribution in [0.5, 0.6) is 0 Å². The van der Waals surface area contributed by atoms with Gasteiger partial charge in [0.1, 0.15) is 5.82 Å². The summed E-state index contributed by atoms with van der Waals surface area (Å²) in [5, 5.41) is 0.591. The van der Waals surface area contributed by atoms with Gasteiger partial charge in [-0.1, -0.05) is 13.3 Å². The number of rotatable bonds is 3. The van der Waals surface area contributed by atoms with Gasteiger partial charge in [-0.15, -0.1) is 0 Å². The number of aromatic amines is 1. The molecule has 3 rings (SSSR count). The van der Waals surface area contributed by atoms with Gasteiger partial charge in [0.2, 0.25) is 0 Å². The van der Waals surface area contributed by atoms with Gasteiger partial charge in [-0.05, 0) is 59.5 Å². The number of nitrogens with zero attached hydrogens (tertiary/aromatic N) is 1. The number of hydrogen-bond acceptors (Lipinski definition) is 2. The maximum Gasteiger partial charge on any atom is 0.178 e. The molecule has 6 heteroatoms. The summed E-state index contributed by atoms with van der Waals surface area (Å²) in [5.41, 5.74) is 1.84. The lowest BCUT2D eigenvalue weighted by molar-refractivity contribution is 0.534. The van der Waals surface area contributed by atoms with Crippen LogP contribution in [0.4, 0.5) is 4.39 Å². The van der Waals surface area contributed by atoms with Crippen molar-refractivity contribution in [2.45, 2.75) is 37.5 Å². The molecular weight excluding hydrogens is 406 g/mol. The number of hydrogen-bond donors (Lipinski definition) is 1. The van der Waals surface area contributed by atoms with E-state index < -0.39 is 0 Å². The first kappa shape index (κ1) is 14.8. The summed E-state index contributed by atoms with van der Waals surface area (Å²) in [5.74, 6) is 0.946. The van der Waals surface area contributed by atoms with Crippen molar-refractivity contribution < 1.29 is 4.39 Å². The lowest BCUT2D eigenvalue weighted by Crippen LogP contribution is -2.16. The van der Waals surface area contributed by atoms with Crippen LogP contribution in [0.25, 0.3) is 11.0 Å². The number of H-pyrrole nitrogens is 1. The van der Waals surface area contributed by atoms with Gasteiger partial charge in [0, 0.05) is 17.4 Å². The molecule has 1 N–H and O–H groups in total. The van der Waals surface area contributed by atoms with Crippen LogP contribution in [-0.2, 0) is 0 Å². The van der Waals surface area contributed by atoms with E-state index in [1.54, 1.807) is 6.07 Å². The molecule has 1 aromatic carbocycles. The molecular formula is C14H16FIN2S2. The molecule has 2 atom stereocenters. The van der Waals surface area contributed by atoms with Crippen LogP contribution >= 0.6 is 46.6 Å².